The van der Waals surface area contributed by atoms with Gasteiger partial charge in [-0.3, -0.25) is 4.79 Å². The van der Waals surface area contributed by atoms with Crippen molar-refractivity contribution in [1.82, 2.24) is 0 Å². The zero-order valence-corrected chi connectivity index (χ0v) is 10.8. The Bertz CT molecular complexity index is 401. The highest BCUT2D eigenvalue weighted by Gasteiger charge is 2.63. The van der Waals surface area contributed by atoms with Crippen LogP contribution >= 0.6 is 0 Å². The van der Waals surface area contributed by atoms with Gasteiger partial charge in [0, 0.05) is 0 Å². The molecule has 1 aliphatic rings. The summed E-state index contributed by atoms with van der Waals surface area (Å²) in [6, 6.07) is 0. The normalized spacial score (nSPS) is 28.9. The van der Waals surface area contributed by atoms with Crippen molar-refractivity contribution in [2.75, 3.05) is 6.61 Å². The minimum absolute atomic E-state index is 0.0521. The Morgan fingerprint density at radius 3 is 2.26 bits per heavy atom. The highest BCUT2D eigenvalue weighted by atomic mass is 16.8. The summed E-state index contributed by atoms with van der Waals surface area (Å²) >= 11 is 0. The first-order chi connectivity index (χ1) is 8.64. The summed E-state index contributed by atoms with van der Waals surface area (Å²) in [6.45, 7) is 4.35. The van der Waals surface area contributed by atoms with E-state index in [1.165, 1.54) is 13.8 Å². The maximum absolute atomic E-state index is 11.5. The van der Waals surface area contributed by atoms with Crippen molar-refractivity contribution >= 4 is 17.9 Å². The molecule has 0 amide bonds. The molecule has 0 spiro atoms. The molecule has 0 radical (unpaired) electrons. The molecule has 1 saturated heterocycles. The van der Waals surface area contributed by atoms with E-state index in [1.807, 2.05) is 0 Å². The topological polar surface area (TPSA) is 119 Å². The number of esters is 1. The summed E-state index contributed by atoms with van der Waals surface area (Å²) in [4.78, 5) is 34.0. The Morgan fingerprint density at radius 2 is 1.84 bits per heavy atom. The van der Waals surface area contributed by atoms with E-state index in [0.29, 0.717) is 0 Å². The maximum Gasteiger partial charge on any atom is 0.340 e. The van der Waals surface area contributed by atoms with E-state index in [9.17, 15) is 19.5 Å². The molecule has 0 aromatic carbocycles. The number of carboxylic acids is 2. The van der Waals surface area contributed by atoms with Crippen molar-refractivity contribution in [2.45, 2.75) is 44.7 Å². The van der Waals surface area contributed by atoms with Crippen LogP contribution in [-0.2, 0) is 28.6 Å². The molecule has 0 saturated carbocycles. The molecule has 1 rings (SSSR count). The molecule has 8 heteroatoms. The average molecular weight is 276 g/mol. The average Bonchev–Trinajstić information content (AvgIpc) is 2.51. The van der Waals surface area contributed by atoms with Gasteiger partial charge in [0.15, 0.2) is 11.9 Å². The van der Waals surface area contributed by atoms with Crippen LogP contribution < -0.4 is 0 Å². The van der Waals surface area contributed by atoms with Crippen LogP contribution in [0.15, 0.2) is 0 Å². The van der Waals surface area contributed by atoms with Gasteiger partial charge in [0.1, 0.15) is 0 Å². The molecular weight excluding hydrogens is 260 g/mol. The minimum atomic E-state index is -2.29. The van der Waals surface area contributed by atoms with Crippen molar-refractivity contribution in [3.63, 3.8) is 0 Å². The third-order valence-corrected chi connectivity index (χ3v) is 2.55. The van der Waals surface area contributed by atoms with E-state index < -0.39 is 41.8 Å². The SMILES string of the molecule is CCOC(=O)C[C@]1(C(=O)O)OC(C)(C)O[C@H]1C(=O)O. The third kappa shape index (κ3) is 3.02. The summed E-state index contributed by atoms with van der Waals surface area (Å²) in [5, 5.41) is 18.3. The van der Waals surface area contributed by atoms with Crippen LogP contribution in [0.3, 0.4) is 0 Å². The zero-order chi connectivity index (χ0) is 14.8. The highest BCUT2D eigenvalue weighted by molar-refractivity contribution is 5.92. The molecule has 8 nitrogen and oxygen atoms in total. The minimum Gasteiger partial charge on any atom is -0.479 e. The lowest BCUT2D eigenvalue weighted by atomic mass is 9.93. The predicted molar refractivity (Wildman–Crippen MR) is 59.3 cm³/mol. The van der Waals surface area contributed by atoms with Crippen molar-refractivity contribution in [2.24, 2.45) is 0 Å². The van der Waals surface area contributed by atoms with Gasteiger partial charge in [-0.15, -0.1) is 0 Å². The molecular formula is C11H16O8. The number of carboxylic acid groups (broad SMARTS) is 2. The van der Waals surface area contributed by atoms with Crippen LogP contribution in [0.1, 0.15) is 27.2 Å². The molecule has 0 unspecified atom stereocenters. The van der Waals surface area contributed by atoms with E-state index >= 15 is 0 Å². The van der Waals surface area contributed by atoms with Crippen LogP contribution in [0.5, 0.6) is 0 Å². The van der Waals surface area contributed by atoms with Crippen LogP contribution in [0.4, 0.5) is 0 Å². The molecule has 1 fully saturated rings. The lowest BCUT2D eigenvalue weighted by Gasteiger charge is -2.25. The molecule has 0 aromatic heterocycles. The van der Waals surface area contributed by atoms with Gasteiger partial charge in [0.25, 0.3) is 0 Å². The van der Waals surface area contributed by atoms with Gasteiger partial charge in [-0.25, -0.2) is 9.59 Å². The summed E-state index contributed by atoms with van der Waals surface area (Å²) in [5.41, 5.74) is -2.29. The molecule has 2 N–H and O–H groups in total. The Kier molecular flexibility index (Phi) is 4.16. The number of hydrogen-bond acceptors (Lipinski definition) is 6. The Labute approximate surface area is 109 Å². The van der Waals surface area contributed by atoms with Crippen LogP contribution in [0, 0.1) is 0 Å². The molecule has 108 valence electrons. The van der Waals surface area contributed by atoms with Crippen LogP contribution in [0.25, 0.3) is 0 Å². The smallest absolute Gasteiger partial charge is 0.340 e. The van der Waals surface area contributed by atoms with Crippen molar-refractivity contribution in [1.29, 1.82) is 0 Å². The first-order valence-corrected chi connectivity index (χ1v) is 5.64. The van der Waals surface area contributed by atoms with Crippen molar-refractivity contribution in [3.05, 3.63) is 0 Å². The van der Waals surface area contributed by atoms with Gasteiger partial charge in [0.2, 0.25) is 5.60 Å². The number of carbonyl (C=O) groups is 3. The number of ether oxygens (including phenoxy) is 3. The second-order valence-corrected chi connectivity index (χ2v) is 4.51. The predicted octanol–water partition coefficient (Wildman–Crippen LogP) is -0.000900. The quantitative estimate of drug-likeness (QED) is 0.673. The van der Waals surface area contributed by atoms with E-state index in [1.54, 1.807) is 6.92 Å². The standard InChI is InChI=1S/C11H16O8/c1-4-17-6(12)5-11(9(15)16)7(8(13)14)18-10(2,3)19-11/h7H,4-5H2,1-3H3,(H,13,14)(H,15,16)/t7-,11-/m0/s1. The number of carbonyl (C=O) groups excluding carboxylic acids is 1. The largest absolute Gasteiger partial charge is 0.479 e. The van der Waals surface area contributed by atoms with Crippen LogP contribution in [-0.4, -0.2) is 52.2 Å². The van der Waals surface area contributed by atoms with Gasteiger partial charge in [-0.1, -0.05) is 0 Å². The first kappa shape index (κ1) is 15.4. The fourth-order valence-electron chi connectivity index (χ4n) is 1.93. The fraction of sp³-hybridized carbons (Fsp3) is 0.727. The molecule has 1 heterocycles. The third-order valence-electron chi connectivity index (χ3n) is 2.55. The van der Waals surface area contributed by atoms with E-state index in [2.05, 4.69) is 4.74 Å². The van der Waals surface area contributed by atoms with E-state index in [4.69, 9.17) is 14.6 Å². The summed E-state index contributed by atoms with van der Waals surface area (Å²) < 4.78 is 14.9. The van der Waals surface area contributed by atoms with Crippen LogP contribution in [0.2, 0.25) is 0 Å². The molecule has 0 aliphatic carbocycles. The van der Waals surface area contributed by atoms with Gasteiger partial charge in [-0.05, 0) is 20.8 Å². The molecule has 1 aliphatic heterocycles. The lowest BCUT2D eigenvalue weighted by Crippen LogP contribution is -2.53. The second-order valence-electron chi connectivity index (χ2n) is 4.51. The summed E-state index contributed by atoms with van der Waals surface area (Å²) in [7, 11) is 0. The van der Waals surface area contributed by atoms with Crippen molar-refractivity contribution in [3.8, 4) is 0 Å². The lowest BCUT2D eigenvalue weighted by molar-refractivity contribution is -0.190. The zero-order valence-electron chi connectivity index (χ0n) is 10.8. The van der Waals surface area contributed by atoms with Gasteiger partial charge in [0.05, 0.1) is 13.0 Å². The number of rotatable bonds is 5. The Balaban J connectivity index is 3.12. The van der Waals surface area contributed by atoms with Gasteiger partial charge >= 0.3 is 17.9 Å². The van der Waals surface area contributed by atoms with Crippen molar-refractivity contribution < 1.29 is 38.8 Å². The fourth-order valence-corrected chi connectivity index (χ4v) is 1.93. The molecule has 2 atom stereocenters. The van der Waals surface area contributed by atoms with E-state index in [-0.39, 0.29) is 6.61 Å². The van der Waals surface area contributed by atoms with Gasteiger partial charge in [-0.2, -0.15) is 0 Å². The second kappa shape index (κ2) is 5.14. The number of aliphatic carboxylic acids is 2. The molecule has 0 aromatic rings. The number of hydrogen-bond donors (Lipinski definition) is 2. The maximum atomic E-state index is 11.5. The Hall–Kier alpha value is -1.67. The summed E-state index contributed by atoms with van der Waals surface area (Å²) in [5.74, 6) is -5.39. The molecule has 0 bridgehead atoms. The van der Waals surface area contributed by atoms with Gasteiger partial charge < -0.3 is 24.4 Å². The molecule has 19 heavy (non-hydrogen) atoms. The first-order valence-electron chi connectivity index (χ1n) is 5.64. The monoisotopic (exact) mass is 276 g/mol. The highest BCUT2D eigenvalue weighted by Crippen LogP contribution is 2.39. The summed E-state index contributed by atoms with van der Waals surface area (Å²) in [6.07, 6.45) is -2.53. The Morgan fingerprint density at radius 1 is 1.26 bits per heavy atom. The van der Waals surface area contributed by atoms with E-state index in [0.717, 1.165) is 0 Å².